The van der Waals surface area contributed by atoms with Crippen molar-refractivity contribution in [2.24, 2.45) is 5.92 Å². The van der Waals surface area contributed by atoms with Crippen LogP contribution in [0.1, 0.15) is 55.7 Å². The molecule has 0 bridgehead atoms. The zero-order valence-corrected chi connectivity index (χ0v) is 15.4. The summed E-state index contributed by atoms with van der Waals surface area (Å²) in [4.78, 5) is 24.5. The molecule has 0 aliphatic heterocycles. The predicted molar refractivity (Wildman–Crippen MR) is 98.3 cm³/mol. The van der Waals surface area contributed by atoms with Crippen LogP contribution in [0.25, 0.3) is 5.69 Å². The van der Waals surface area contributed by atoms with Crippen molar-refractivity contribution >= 4 is 11.9 Å². The number of benzene rings is 1. The van der Waals surface area contributed by atoms with E-state index in [-0.39, 0.29) is 18.6 Å². The van der Waals surface area contributed by atoms with Gasteiger partial charge in [-0.3, -0.25) is 4.79 Å². The summed E-state index contributed by atoms with van der Waals surface area (Å²) in [6.45, 7) is 5.68. The van der Waals surface area contributed by atoms with Gasteiger partial charge in [0.25, 0.3) is 5.91 Å². The second-order valence-electron chi connectivity index (χ2n) is 7.15. The van der Waals surface area contributed by atoms with Gasteiger partial charge in [-0.25, -0.2) is 9.48 Å². The highest BCUT2D eigenvalue weighted by atomic mass is 16.5. The largest absolute Gasteiger partial charge is 0.451 e. The molecule has 0 saturated heterocycles. The molecule has 1 N–H and O–H groups in total. The second kappa shape index (κ2) is 7.72. The first-order valence-corrected chi connectivity index (χ1v) is 9.07. The molecule has 1 aliphatic carbocycles. The Morgan fingerprint density at radius 2 is 1.92 bits per heavy atom. The third-order valence-electron chi connectivity index (χ3n) is 4.66. The fourth-order valence-corrected chi connectivity index (χ4v) is 2.56. The van der Waals surface area contributed by atoms with E-state index in [4.69, 9.17) is 4.74 Å². The lowest BCUT2D eigenvalue weighted by molar-refractivity contribution is -0.125. The molecule has 1 amide bonds. The Morgan fingerprint density at radius 1 is 1.23 bits per heavy atom. The predicted octanol–water partition coefficient (Wildman–Crippen LogP) is 3.07. The van der Waals surface area contributed by atoms with Crippen molar-refractivity contribution in [3.8, 4) is 5.69 Å². The van der Waals surface area contributed by atoms with Crippen LogP contribution >= 0.6 is 0 Å². The van der Waals surface area contributed by atoms with Crippen LogP contribution in [0, 0.1) is 5.92 Å². The molecule has 6 nitrogen and oxygen atoms in total. The summed E-state index contributed by atoms with van der Waals surface area (Å²) in [5, 5.41) is 7.40. The highest BCUT2D eigenvalue weighted by Crippen LogP contribution is 2.39. The van der Waals surface area contributed by atoms with E-state index in [0.29, 0.717) is 17.5 Å². The van der Waals surface area contributed by atoms with Gasteiger partial charge in [-0.1, -0.05) is 32.0 Å². The van der Waals surface area contributed by atoms with E-state index in [1.807, 2.05) is 51.1 Å². The lowest BCUT2D eigenvalue weighted by atomic mass is 10.1. The number of carbonyl (C=O) groups is 2. The van der Waals surface area contributed by atoms with E-state index in [1.54, 1.807) is 10.7 Å². The molecule has 0 radical (unpaired) electrons. The Hall–Kier alpha value is -2.63. The molecule has 0 spiro atoms. The molecular weight excluding hydrogens is 330 g/mol. The van der Waals surface area contributed by atoms with Gasteiger partial charge in [-0.2, -0.15) is 5.10 Å². The zero-order chi connectivity index (χ0) is 18.7. The minimum Gasteiger partial charge on any atom is -0.451 e. The molecular formula is C20H25N3O3. The van der Waals surface area contributed by atoms with Crippen molar-refractivity contribution in [2.45, 2.75) is 45.6 Å². The first kappa shape index (κ1) is 18.2. The van der Waals surface area contributed by atoms with Gasteiger partial charge in [-0.15, -0.1) is 0 Å². The van der Waals surface area contributed by atoms with Crippen LogP contribution < -0.4 is 5.32 Å². The molecule has 1 aromatic carbocycles. The van der Waals surface area contributed by atoms with Gasteiger partial charge < -0.3 is 10.1 Å². The van der Waals surface area contributed by atoms with Gasteiger partial charge >= 0.3 is 5.97 Å². The fourth-order valence-electron chi connectivity index (χ4n) is 2.56. The lowest BCUT2D eigenvalue weighted by Crippen LogP contribution is -2.38. The number of carbonyl (C=O) groups excluding carboxylic acids is 2. The Labute approximate surface area is 153 Å². The number of ether oxygens (including phenoxy) is 1. The number of amides is 1. The molecule has 0 unspecified atom stereocenters. The molecule has 1 aliphatic rings. The summed E-state index contributed by atoms with van der Waals surface area (Å²) >= 11 is 0. The molecule has 6 heteroatoms. The van der Waals surface area contributed by atoms with Crippen molar-refractivity contribution in [3.63, 3.8) is 0 Å². The smallest absolute Gasteiger partial charge is 0.357 e. The number of hydrogen-bond acceptors (Lipinski definition) is 4. The van der Waals surface area contributed by atoms with Crippen LogP contribution in [-0.2, 0) is 9.53 Å². The van der Waals surface area contributed by atoms with Crippen LogP contribution in [0.5, 0.6) is 0 Å². The van der Waals surface area contributed by atoms with Gasteiger partial charge in [0.2, 0.25) is 0 Å². The van der Waals surface area contributed by atoms with E-state index in [9.17, 15) is 9.59 Å². The molecule has 1 saturated carbocycles. The maximum absolute atomic E-state index is 12.6. The average molecular weight is 355 g/mol. The second-order valence-corrected chi connectivity index (χ2v) is 7.15. The highest BCUT2D eigenvalue weighted by Gasteiger charge is 2.29. The maximum atomic E-state index is 12.6. The molecule has 1 heterocycles. The number of nitrogens with zero attached hydrogens (tertiary/aromatic N) is 2. The monoisotopic (exact) mass is 355 g/mol. The van der Waals surface area contributed by atoms with E-state index in [0.717, 1.165) is 24.2 Å². The van der Waals surface area contributed by atoms with Crippen molar-refractivity contribution in [2.75, 3.05) is 6.61 Å². The number of esters is 1. The summed E-state index contributed by atoms with van der Waals surface area (Å²) in [5.74, 6) is -0.106. The summed E-state index contributed by atoms with van der Waals surface area (Å²) in [6.07, 6.45) is 2.19. The third kappa shape index (κ3) is 4.31. The Kier molecular flexibility index (Phi) is 5.40. The summed E-state index contributed by atoms with van der Waals surface area (Å²) < 4.78 is 6.84. The Balaban J connectivity index is 1.71. The lowest BCUT2D eigenvalue weighted by Gasteiger charge is -2.17. The summed E-state index contributed by atoms with van der Waals surface area (Å²) in [6, 6.07) is 11.3. The van der Waals surface area contributed by atoms with Gasteiger partial charge in [-0.05, 0) is 43.9 Å². The first-order valence-electron chi connectivity index (χ1n) is 9.07. The number of nitrogens with one attached hydrogen (secondary N) is 1. The zero-order valence-electron chi connectivity index (χ0n) is 15.4. The quantitative estimate of drug-likeness (QED) is 0.775. The Morgan fingerprint density at radius 3 is 2.54 bits per heavy atom. The van der Waals surface area contributed by atoms with E-state index >= 15 is 0 Å². The van der Waals surface area contributed by atoms with Gasteiger partial charge in [0.05, 0.1) is 11.4 Å². The number of rotatable bonds is 7. The minimum atomic E-state index is -0.541. The van der Waals surface area contributed by atoms with Gasteiger partial charge in [0.15, 0.2) is 12.3 Å². The average Bonchev–Trinajstić information content (AvgIpc) is 3.38. The van der Waals surface area contributed by atoms with Crippen LogP contribution in [0.3, 0.4) is 0 Å². The molecule has 26 heavy (non-hydrogen) atoms. The first-order chi connectivity index (χ1) is 12.5. The van der Waals surface area contributed by atoms with Crippen LogP contribution in [0.4, 0.5) is 0 Å². The van der Waals surface area contributed by atoms with Crippen molar-refractivity contribution in [1.29, 1.82) is 0 Å². The third-order valence-corrected chi connectivity index (χ3v) is 4.66. The fraction of sp³-hybridized carbons (Fsp3) is 0.450. The maximum Gasteiger partial charge on any atom is 0.357 e. The van der Waals surface area contributed by atoms with E-state index < -0.39 is 5.97 Å². The minimum absolute atomic E-state index is 0.0255. The number of para-hydroxylation sites is 1. The van der Waals surface area contributed by atoms with E-state index in [1.165, 1.54) is 0 Å². The van der Waals surface area contributed by atoms with Crippen molar-refractivity contribution < 1.29 is 14.3 Å². The summed E-state index contributed by atoms with van der Waals surface area (Å²) in [5.41, 5.74) is 2.05. The van der Waals surface area contributed by atoms with Crippen LogP contribution in [0.15, 0.2) is 36.4 Å². The SMILES string of the molecule is CC(C)[C@H](C)NC(=O)COC(=O)c1cc(C2CC2)nn1-c1ccccc1. The molecule has 3 rings (SSSR count). The summed E-state index contributed by atoms with van der Waals surface area (Å²) in [7, 11) is 0. The Bertz CT molecular complexity index is 779. The van der Waals surface area contributed by atoms with Crippen molar-refractivity contribution in [1.82, 2.24) is 15.1 Å². The van der Waals surface area contributed by atoms with Crippen LogP contribution in [0.2, 0.25) is 0 Å². The molecule has 1 atom stereocenters. The molecule has 2 aromatic rings. The van der Waals surface area contributed by atoms with Gasteiger partial charge in [0.1, 0.15) is 0 Å². The highest BCUT2D eigenvalue weighted by molar-refractivity contribution is 5.90. The van der Waals surface area contributed by atoms with E-state index in [2.05, 4.69) is 10.4 Å². The molecule has 138 valence electrons. The molecule has 1 aromatic heterocycles. The normalized spacial score (nSPS) is 14.9. The number of aromatic nitrogens is 2. The number of hydrogen-bond donors (Lipinski definition) is 1. The topological polar surface area (TPSA) is 73.2 Å². The van der Waals surface area contributed by atoms with Crippen LogP contribution in [-0.4, -0.2) is 34.3 Å². The standard InChI is InChI=1S/C20H25N3O3/c1-13(2)14(3)21-19(24)12-26-20(25)18-11-17(15-9-10-15)22-23(18)16-7-5-4-6-8-16/h4-8,11,13-15H,9-10,12H2,1-3H3,(H,21,24)/t14-/m0/s1. The van der Waals surface area contributed by atoms with Gasteiger partial charge in [0, 0.05) is 12.0 Å². The molecule has 1 fully saturated rings. The van der Waals surface area contributed by atoms with Crippen molar-refractivity contribution in [3.05, 3.63) is 47.8 Å².